The van der Waals surface area contributed by atoms with Crippen LogP contribution in [0.1, 0.15) is 17.7 Å². The van der Waals surface area contributed by atoms with E-state index in [1.807, 2.05) is 18.2 Å². The molecule has 1 aliphatic carbocycles. The summed E-state index contributed by atoms with van der Waals surface area (Å²) in [5, 5.41) is 2.90. The first-order chi connectivity index (χ1) is 11.7. The van der Waals surface area contributed by atoms with Gasteiger partial charge in [0.1, 0.15) is 11.5 Å². The summed E-state index contributed by atoms with van der Waals surface area (Å²) in [6.45, 7) is 1.30. The second kappa shape index (κ2) is 8.37. The third-order valence-corrected chi connectivity index (χ3v) is 5.42. The Morgan fingerprint density at radius 3 is 2.92 bits per heavy atom. The Hall–Kier alpha value is -1.04. The summed E-state index contributed by atoms with van der Waals surface area (Å²) in [6, 6.07) is 5.76. The van der Waals surface area contributed by atoms with E-state index in [0.29, 0.717) is 23.3 Å². The van der Waals surface area contributed by atoms with Crippen LogP contribution in [0.2, 0.25) is 0 Å². The Balaban J connectivity index is 1.84. The summed E-state index contributed by atoms with van der Waals surface area (Å²) < 4.78 is 2.55. The highest BCUT2D eigenvalue weighted by atomic mass is 127. The maximum absolute atomic E-state index is 11.4. The molecular formula is C16H17I2N5O. The number of nitrogens with one attached hydrogen (secondary N) is 1. The van der Waals surface area contributed by atoms with E-state index < -0.39 is 0 Å². The fraction of sp³-hybridized carbons (Fsp3) is 0.375. The molecule has 0 radical (unpaired) electrons. The molecule has 0 spiro atoms. The highest BCUT2D eigenvalue weighted by molar-refractivity contribution is 14.1. The third-order valence-electron chi connectivity index (χ3n) is 3.79. The molecule has 126 valence electrons. The molecular weight excluding hydrogens is 532 g/mol. The number of hydrogen-bond donors (Lipinski definition) is 1. The molecule has 2 aromatic rings. The Kier molecular flexibility index (Phi) is 6.19. The second-order valence-corrected chi connectivity index (χ2v) is 7.36. The number of aromatic nitrogens is 3. The minimum absolute atomic E-state index is 0.0579. The molecule has 1 N–H and O–H groups in total. The number of alkyl halides is 1. The molecule has 8 heteroatoms. The normalized spacial score (nSPS) is 12.8. The maximum atomic E-state index is 11.4. The van der Waals surface area contributed by atoms with E-state index in [4.69, 9.17) is 9.97 Å². The molecule has 0 saturated carbocycles. The molecule has 0 fully saturated rings. The topological polar surface area (TPSA) is 71.0 Å². The lowest BCUT2D eigenvalue weighted by atomic mass is 10.2. The van der Waals surface area contributed by atoms with Gasteiger partial charge in [-0.15, -0.1) is 0 Å². The highest BCUT2D eigenvalue weighted by Gasteiger charge is 2.23. The smallest absolute Gasteiger partial charge is 0.229 e. The van der Waals surface area contributed by atoms with E-state index in [2.05, 4.69) is 58.9 Å². The van der Waals surface area contributed by atoms with Crippen LogP contribution in [0.25, 0.3) is 11.5 Å². The predicted molar refractivity (Wildman–Crippen MR) is 111 cm³/mol. The number of anilines is 1. The lowest BCUT2D eigenvalue weighted by molar-refractivity contribution is -0.118. The molecule has 3 rings (SSSR count). The van der Waals surface area contributed by atoms with E-state index >= 15 is 0 Å². The number of halogens is 2. The summed E-state index contributed by atoms with van der Waals surface area (Å²) in [4.78, 5) is 25.2. The molecule has 0 aliphatic heterocycles. The van der Waals surface area contributed by atoms with Gasteiger partial charge in [-0.2, -0.15) is 0 Å². The van der Waals surface area contributed by atoms with Crippen molar-refractivity contribution in [2.45, 2.75) is 19.3 Å². The van der Waals surface area contributed by atoms with Gasteiger partial charge in [0.2, 0.25) is 5.91 Å². The third kappa shape index (κ3) is 4.13. The largest absolute Gasteiger partial charge is 0.354 e. The van der Waals surface area contributed by atoms with E-state index in [1.54, 1.807) is 6.20 Å². The summed E-state index contributed by atoms with van der Waals surface area (Å²) >= 11 is 4.33. The zero-order chi connectivity index (χ0) is 16.9. The number of carbonyl (C=O) groups is 1. The van der Waals surface area contributed by atoms with Crippen molar-refractivity contribution in [2.75, 3.05) is 20.6 Å². The van der Waals surface area contributed by atoms with Gasteiger partial charge in [-0.05, 0) is 31.4 Å². The molecule has 2 aromatic heterocycles. The summed E-state index contributed by atoms with van der Waals surface area (Å²) in [6.07, 6.45) is 4.86. The minimum atomic E-state index is 0.0579. The molecule has 24 heavy (non-hydrogen) atoms. The fourth-order valence-corrected chi connectivity index (χ4v) is 3.58. The zero-order valence-corrected chi connectivity index (χ0v) is 17.3. The van der Waals surface area contributed by atoms with Crippen molar-refractivity contribution in [1.82, 2.24) is 20.3 Å². The number of nitrogens with zero attached hydrogens (tertiary/aromatic N) is 4. The highest BCUT2D eigenvalue weighted by Crippen LogP contribution is 2.32. The number of amides is 1. The van der Waals surface area contributed by atoms with Gasteiger partial charge in [-0.3, -0.25) is 12.9 Å². The SMILES string of the molecule is O=C(CI)NCCN(I)c1nc(-c2ccccn2)nc2c1CCC2. The van der Waals surface area contributed by atoms with E-state index in [1.165, 1.54) is 5.56 Å². The van der Waals surface area contributed by atoms with Crippen molar-refractivity contribution in [1.29, 1.82) is 0 Å². The molecule has 1 amide bonds. The van der Waals surface area contributed by atoms with Crippen LogP contribution in [-0.2, 0) is 17.6 Å². The van der Waals surface area contributed by atoms with Crippen LogP contribution < -0.4 is 8.43 Å². The maximum Gasteiger partial charge on any atom is 0.229 e. The molecule has 0 unspecified atom stereocenters. The quantitative estimate of drug-likeness (QED) is 0.341. The van der Waals surface area contributed by atoms with Gasteiger partial charge in [0.25, 0.3) is 0 Å². The van der Waals surface area contributed by atoms with E-state index in [0.717, 1.165) is 36.5 Å². The molecule has 1 aliphatic rings. The molecule has 6 nitrogen and oxygen atoms in total. The van der Waals surface area contributed by atoms with Crippen molar-refractivity contribution in [3.8, 4) is 11.5 Å². The standard InChI is InChI=1S/C16H17I2N5O/c17-10-14(24)20-8-9-23(18)16-11-4-3-6-12(11)21-15(22-16)13-5-1-2-7-19-13/h1-2,5,7H,3-4,6,8-10H2,(H,20,24). The average molecular weight is 549 g/mol. The molecule has 0 bridgehead atoms. The van der Waals surface area contributed by atoms with Crippen LogP contribution in [0.5, 0.6) is 0 Å². The number of carbonyl (C=O) groups excluding carboxylic acids is 1. The Morgan fingerprint density at radius 2 is 2.17 bits per heavy atom. The Labute approximate surface area is 168 Å². The lowest BCUT2D eigenvalue weighted by Crippen LogP contribution is -2.32. The minimum Gasteiger partial charge on any atom is -0.354 e. The monoisotopic (exact) mass is 549 g/mol. The number of rotatable bonds is 6. The Morgan fingerprint density at radius 1 is 1.29 bits per heavy atom. The number of fused-ring (bicyclic) bond motifs is 1. The van der Waals surface area contributed by atoms with Crippen LogP contribution >= 0.6 is 45.5 Å². The van der Waals surface area contributed by atoms with Crippen molar-refractivity contribution in [3.05, 3.63) is 35.7 Å². The van der Waals surface area contributed by atoms with Crippen LogP contribution in [-0.4, -0.2) is 38.4 Å². The van der Waals surface area contributed by atoms with Crippen LogP contribution in [0.4, 0.5) is 5.82 Å². The predicted octanol–water partition coefficient (Wildman–Crippen LogP) is 2.73. The first-order valence-corrected chi connectivity index (χ1v) is 10.2. The summed E-state index contributed by atoms with van der Waals surface area (Å²) in [5.74, 6) is 1.68. The van der Waals surface area contributed by atoms with Crippen molar-refractivity contribution < 1.29 is 4.79 Å². The summed E-state index contributed by atoms with van der Waals surface area (Å²) in [7, 11) is 0. The number of hydrogen-bond acceptors (Lipinski definition) is 5. The number of pyridine rings is 1. The van der Waals surface area contributed by atoms with E-state index in [9.17, 15) is 4.79 Å². The zero-order valence-electron chi connectivity index (χ0n) is 13.0. The molecule has 0 saturated heterocycles. The fourth-order valence-electron chi connectivity index (χ4n) is 2.67. The van der Waals surface area contributed by atoms with Gasteiger partial charge >= 0.3 is 0 Å². The van der Waals surface area contributed by atoms with Crippen molar-refractivity contribution >= 4 is 57.2 Å². The second-order valence-electron chi connectivity index (χ2n) is 5.43. The average Bonchev–Trinajstić information content (AvgIpc) is 3.09. The van der Waals surface area contributed by atoms with Crippen LogP contribution in [0.15, 0.2) is 24.4 Å². The van der Waals surface area contributed by atoms with Gasteiger partial charge in [0.15, 0.2) is 5.82 Å². The molecule has 0 aromatic carbocycles. The van der Waals surface area contributed by atoms with Gasteiger partial charge in [0, 0.05) is 30.5 Å². The molecule has 2 heterocycles. The van der Waals surface area contributed by atoms with E-state index in [-0.39, 0.29) is 5.91 Å². The number of aryl methyl sites for hydroxylation is 1. The first kappa shape index (κ1) is 17.8. The molecule has 0 atom stereocenters. The van der Waals surface area contributed by atoms with Crippen molar-refractivity contribution in [2.24, 2.45) is 0 Å². The van der Waals surface area contributed by atoms with Gasteiger partial charge in [-0.1, -0.05) is 28.7 Å². The van der Waals surface area contributed by atoms with Crippen molar-refractivity contribution in [3.63, 3.8) is 0 Å². The Bertz CT molecular complexity index is 726. The van der Waals surface area contributed by atoms with Gasteiger partial charge in [-0.25, -0.2) is 9.97 Å². The van der Waals surface area contributed by atoms with Gasteiger partial charge < -0.3 is 5.32 Å². The van der Waals surface area contributed by atoms with Gasteiger partial charge in [0.05, 0.1) is 27.3 Å². The van der Waals surface area contributed by atoms with Crippen LogP contribution in [0, 0.1) is 0 Å². The summed E-state index contributed by atoms with van der Waals surface area (Å²) in [5.41, 5.74) is 3.14. The van der Waals surface area contributed by atoms with Crippen LogP contribution in [0.3, 0.4) is 0 Å². The lowest BCUT2D eigenvalue weighted by Gasteiger charge is -2.19. The first-order valence-electron chi connectivity index (χ1n) is 7.76.